The van der Waals surface area contributed by atoms with Gasteiger partial charge < -0.3 is 14.4 Å². The minimum Gasteiger partial charge on any atom is -0.444 e. The summed E-state index contributed by atoms with van der Waals surface area (Å²) in [6.45, 7) is 7.98. The first-order valence-corrected chi connectivity index (χ1v) is 8.24. The van der Waals surface area contributed by atoms with Crippen LogP contribution in [0.15, 0.2) is 0 Å². The van der Waals surface area contributed by atoms with Crippen LogP contribution in [0.4, 0.5) is 4.79 Å². The Morgan fingerprint density at radius 1 is 1.30 bits per heavy atom. The van der Waals surface area contributed by atoms with E-state index in [1.807, 2.05) is 0 Å². The molecule has 1 heterocycles. The van der Waals surface area contributed by atoms with Crippen molar-refractivity contribution in [3.05, 3.63) is 0 Å². The Morgan fingerprint density at radius 3 is 2.25 bits per heavy atom. The summed E-state index contributed by atoms with van der Waals surface area (Å²) < 4.78 is 37.6. The largest absolute Gasteiger partial charge is 0.444 e. The molecule has 1 aliphatic rings. The highest BCUT2D eigenvalue weighted by atomic mass is 32.2. The molecule has 0 atom stereocenters. The van der Waals surface area contributed by atoms with Crippen LogP contribution in [0.25, 0.3) is 0 Å². The van der Waals surface area contributed by atoms with Gasteiger partial charge in [0.15, 0.2) is 0 Å². The molecule has 1 amide bonds. The highest BCUT2D eigenvalue weighted by Crippen LogP contribution is 2.28. The van der Waals surface area contributed by atoms with Gasteiger partial charge in [-0.1, -0.05) is 0 Å². The quantitative estimate of drug-likeness (QED) is 0.704. The second kappa shape index (κ2) is 5.87. The molecule has 1 fully saturated rings. The summed E-state index contributed by atoms with van der Waals surface area (Å²) in [5, 5.41) is 0. The average molecular weight is 309 g/mol. The molecule has 0 unspecified atom stereocenters. The van der Waals surface area contributed by atoms with Gasteiger partial charge in [0.05, 0.1) is 26.0 Å². The number of hydrogen-bond acceptors (Lipinski definition) is 6. The van der Waals surface area contributed by atoms with Gasteiger partial charge in [-0.15, -0.1) is 0 Å². The summed E-state index contributed by atoms with van der Waals surface area (Å²) in [4.78, 5) is 13.3. The number of hydrogen-bond donors (Lipinski definition) is 0. The van der Waals surface area contributed by atoms with Crippen molar-refractivity contribution in [1.82, 2.24) is 4.90 Å². The molecule has 0 saturated carbocycles. The fourth-order valence-corrected chi connectivity index (χ4v) is 2.28. The van der Waals surface area contributed by atoms with Crippen LogP contribution in [0.2, 0.25) is 0 Å². The lowest BCUT2D eigenvalue weighted by atomic mass is 9.95. The molecule has 1 saturated heterocycles. The molecule has 0 bridgehead atoms. The van der Waals surface area contributed by atoms with E-state index in [0.29, 0.717) is 6.61 Å². The van der Waals surface area contributed by atoms with Crippen molar-refractivity contribution in [2.75, 3.05) is 32.6 Å². The SMILES string of the molecule is CCOC1(COS(C)(=O)=O)CN(C(=O)OC(C)(C)C)C1. The van der Waals surface area contributed by atoms with E-state index >= 15 is 0 Å². The summed E-state index contributed by atoms with van der Waals surface area (Å²) in [5.74, 6) is 0. The maximum absolute atomic E-state index is 11.8. The molecule has 0 aromatic carbocycles. The number of likely N-dealkylation sites (tertiary alicyclic amines) is 1. The van der Waals surface area contributed by atoms with Crippen molar-refractivity contribution < 1.29 is 26.9 Å². The van der Waals surface area contributed by atoms with E-state index in [-0.39, 0.29) is 19.7 Å². The minimum absolute atomic E-state index is 0.0982. The Hall–Kier alpha value is -0.860. The summed E-state index contributed by atoms with van der Waals surface area (Å²) in [6.07, 6.45) is 0.545. The molecule has 7 nitrogen and oxygen atoms in total. The molecule has 0 radical (unpaired) electrons. The zero-order chi connectivity index (χ0) is 15.6. The Balaban J connectivity index is 2.56. The topological polar surface area (TPSA) is 82.1 Å². The fraction of sp³-hybridized carbons (Fsp3) is 0.917. The van der Waals surface area contributed by atoms with Gasteiger partial charge in [-0.3, -0.25) is 4.18 Å². The van der Waals surface area contributed by atoms with Gasteiger partial charge in [-0.25, -0.2) is 4.79 Å². The van der Waals surface area contributed by atoms with E-state index < -0.39 is 27.4 Å². The Kier molecular flexibility index (Phi) is 5.04. The van der Waals surface area contributed by atoms with Crippen molar-refractivity contribution in [3.63, 3.8) is 0 Å². The molecule has 1 aliphatic heterocycles. The number of ether oxygens (including phenoxy) is 2. The molecule has 118 valence electrons. The second-order valence-corrected chi connectivity index (χ2v) is 7.56. The van der Waals surface area contributed by atoms with Gasteiger partial charge in [-0.2, -0.15) is 8.42 Å². The molecule has 0 spiro atoms. The van der Waals surface area contributed by atoms with E-state index in [2.05, 4.69) is 0 Å². The average Bonchev–Trinajstić information content (AvgIpc) is 2.16. The van der Waals surface area contributed by atoms with E-state index in [4.69, 9.17) is 13.7 Å². The van der Waals surface area contributed by atoms with Crippen LogP contribution in [0.1, 0.15) is 27.7 Å². The van der Waals surface area contributed by atoms with Crippen LogP contribution in [0.5, 0.6) is 0 Å². The van der Waals surface area contributed by atoms with Crippen LogP contribution < -0.4 is 0 Å². The van der Waals surface area contributed by atoms with E-state index in [9.17, 15) is 13.2 Å². The van der Waals surface area contributed by atoms with E-state index in [0.717, 1.165) is 6.26 Å². The first kappa shape index (κ1) is 17.2. The van der Waals surface area contributed by atoms with Gasteiger partial charge in [0.25, 0.3) is 10.1 Å². The Labute approximate surface area is 120 Å². The second-order valence-electron chi connectivity index (χ2n) is 5.92. The predicted molar refractivity (Wildman–Crippen MR) is 73.0 cm³/mol. The first-order chi connectivity index (χ1) is 8.96. The zero-order valence-electron chi connectivity index (χ0n) is 12.6. The maximum Gasteiger partial charge on any atom is 0.410 e. The molecule has 1 rings (SSSR count). The van der Waals surface area contributed by atoms with Crippen LogP contribution >= 0.6 is 0 Å². The zero-order valence-corrected chi connectivity index (χ0v) is 13.4. The maximum atomic E-state index is 11.8. The third-order valence-electron chi connectivity index (χ3n) is 2.60. The number of amides is 1. The van der Waals surface area contributed by atoms with Crippen LogP contribution in [0.3, 0.4) is 0 Å². The molecule has 0 aliphatic carbocycles. The molecular formula is C12H23NO6S. The summed E-state index contributed by atoms with van der Waals surface area (Å²) in [6, 6.07) is 0. The number of carbonyl (C=O) groups excluding carboxylic acids is 1. The molecule has 0 aromatic rings. The molecule has 0 aromatic heterocycles. The lowest BCUT2D eigenvalue weighted by molar-refractivity contribution is -0.152. The number of nitrogens with zero attached hydrogens (tertiary/aromatic N) is 1. The lowest BCUT2D eigenvalue weighted by Crippen LogP contribution is -2.67. The molecular weight excluding hydrogens is 286 g/mol. The monoisotopic (exact) mass is 309 g/mol. The summed E-state index contributed by atoms with van der Waals surface area (Å²) in [7, 11) is -3.53. The van der Waals surface area contributed by atoms with Crippen LogP contribution in [0, 0.1) is 0 Å². The van der Waals surface area contributed by atoms with Gasteiger partial charge in [0.2, 0.25) is 0 Å². The summed E-state index contributed by atoms with van der Waals surface area (Å²) in [5.41, 5.74) is -1.33. The van der Waals surface area contributed by atoms with Gasteiger partial charge in [-0.05, 0) is 27.7 Å². The van der Waals surface area contributed by atoms with Crippen molar-refractivity contribution in [3.8, 4) is 0 Å². The van der Waals surface area contributed by atoms with Crippen molar-refractivity contribution in [2.24, 2.45) is 0 Å². The lowest BCUT2D eigenvalue weighted by Gasteiger charge is -2.48. The van der Waals surface area contributed by atoms with Gasteiger partial charge in [0.1, 0.15) is 11.2 Å². The van der Waals surface area contributed by atoms with Crippen molar-refractivity contribution >= 4 is 16.2 Å². The van der Waals surface area contributed by atoms with Gasteiger partial charge >= 0.3 is 6.09 Å². The van der Waals surface area contributed by atoms with E-state index in [1.165, 1.54) is 4.90 Å². The number of rotatable bonds is 5. The molecule has 20 heavy (non-hydrogen) atoms. The highest BCUT2D eigenvalue weighted by molar-refractivity contribution is 7.85. The fourth-order valence-electron chi connectivity index (χ4n) is 1.85. The Bertz CT molecular complexity index is 447. The predicted octanol–water partition coefficient (Wildman–Crippen LogP) is 0.989. The molecule has 8 heteroatoms. The minimum atomic E-state index is -3.53. The van der Waals surface area contributed by atoms with Crippen molar-refractivity contribution in [2.45, 2.75) is 38.9 Å². The first-order valence-electron chi connectivity index (χ1n) is 6.43. The normalized spacial score (nSPS) is 18.6. The third kappa shape index (κ3) is 5.26. The number of carbonyl (C=O) groups is 1. The smallest absolute Gasteiger partial charge is 0.410 e. The van der Waals surface area contributed by atoms with Crippen LogP contribution in [-0.4, -0.2) is 63.2 Å². The van der Waals surface area contributed by atoms with Crippen LogP contribution in [-0.2, 0) is 23.8 Å². The standard InChI is InChI=1S/C12H23NO6S/c1-6-17-12(9-18-20(5,15)16)7-13(8-12)10(14)19-11(2,3)4/h6-9H2,1-5H3. The van der Waals surface area contributed by atoms with Gasteiger partial charge in [0, 0.05) is 6.61 Å². The third-order valence-corrected chi connectivity index (χ3v) is 3.14. The van der Waals surface area contributed by atoms with Crippen molar-refractivity contribution in [1.29, 1.82) is 0 Å². The Morgan fingerprint density at radius 2 is 1.85 bits per heavy atom. The molecule has 0 N–H and O–H groups in total. The van der Waals surface area contributed by atoms with E-state index in [1.54, 1.807) is 27.7 Å². The highest BCUT2D eigenvalue weighted by Gasteiger charge is 2.48. The summed E-state index contributed by atoms with van der Waals surface area (Å²) >= 11 is 0.